The highest BCUT2D eigenvalue weighted by Gasteiger charge is 2.27. The molecule has 2 aliphatic carbocycles. The van der Waals surface area contributed by atoms with Crippen molar-refractivity contribution in [3.8, 4) is 0 Å². The first kappa shape index (κ1) is 13.6. The van der Waals surface area contributed by atoms with E-state index in [1.165, 1.54) is 57.8 Å². The van der Waals surface area contributed by atoms with Crippen molar-refractivity contribution in [2.24, 2.45) is 17.8 Å². The molecule has 0 heterocycles. The summed E-state index contributed by atoms with van der Waals surface area (Å²) in [5.74, 6) is 1.66. The summed E-state index contributed by atoms with van der Waals surface area (Å²) in [5, 5.41) is 8.90. The van der Waals surface area contributed by atoms with Crippen molar-refractivity contribution in [2.45, 2.75) is 64.7 Å². The van der Waals surface area contributed by atoms with E-state index in [2.05, 4.69) is 0 Å². The lowest BCUT2D eigenvalue weighted by Crippen LogP contribution is -2.23. The average molecular weight is 250 g/mol. The summed E-state index contributed by atoms with van der Waals surface area (Å²) >= 11 is 0. The fourth-order valence-electron chi connectivity index (χ4n) is 3.81. The van der Waals surface area contributed by atoms with Crippen LogP contribution in [-0.2, 0) is 4.79 Å². The van der Waals surface area contributed by atoms with E-state index in [0.717, 1.165) is 11.8 Å². The Morgan fingerprint density at radius 3 is 2.06 bits per heavy atom. The number of carboxylic acids is 1. The molecule has 0 unspecified atom stereocenters. The molecule has 2 heteroatoms. The van der Waals surface area contributed by atoms with E-state index in [1.54, 1.807) is 6.92 Å². The minimum Gasteiger partial charge on any atom is -0.478 e. The van der Waals surface area contributed by atoms with E-state index in [-0.39, 0.29) is 0 Å². The Balaban J connectivity index is 1.80. The van der Waals surface area contributed by atoms with Crippen LogP contribution in [0.5, 0.6) is 0 Å². The lowest BCUT2D eigenvalue weighted by molar-refractivity contribution is -0.132. The van der Waals surface area contributed by atoms with Crippen molar-refractivity contribution in [1.29, 1.82) is 0 Å². The summed E-state index contributed by atoms with van der Waals surface area (Å²) < 4.78 is 0. The van der Waals surface area contributed by atoms with Crippen LogP contribution in [0.4, 0.5) is 0 Å². The molecular formula is C16H26O2. The van der Waals surface area contributed by atoms with Crippen molar-refractivity contribution in [1.82, 2.24) is 0 Å². The van der Waals surface area contributed by atoms with E-state index < -0.39 is 5.97 Å². The molecule has 0 aromatic carbocycles. The fourth-order valence-corrected chi connectivity index (χ4v) is 3.81. The monoisotopic (exact) mass is 250 g/mol. The second-order valence-electron chi connectivity index (χ2n) is 6.23. The molecule has 2 aliphatic rings. The molecule has 0 bridgehead atoms. The zero-order valence-corrected chi connectivity index (χ0v) is 11.5. The van der Waals surface area contributed by atoms with Gasteiger partial charge in [-0.2, -0.15) is 0 Å². The molecule has 0 atom stereocenters. The number of carboxylic acid groups (broad SMARTS) is 1. The highest BCUT2D eigenvalue weighted by Crippen LogP contribution is 2.40. The van der Waals surface area contributed by atoms with Gasteiger partial charge in [0.2, 0.25) is 0 Å². The van der Waals surface area contributed by atoms with Gasteiger partial charge in [0.1, 0.15) is 0 Å². The number of carbonyl (C=O) groups is 1. The maximum atomic E-state index is 10.8. The summed E-state index contributed by atoms with van der Waals surface area (Å²) in [7, 11) is 0. The summed E-state index contributed by atoms with van der Waals surface area (Å²) in [6.45, 7) is 1.72. The molecule has 0 aromatic rings. The minimum atomic E-state index is -0.760. The van der Waals surface area contributed by atoms with Crippen LogP contribution in [0, 0.1) is 17.8 Å². The summed E-state index contributed by atoms with van der Waals surface area (Å²) in [6, 6.07) is 0. The first-order valence-electron chi connectivity index (χ1n) is 7.58. The molecule has 102 valence electrons. The van der Waals surface area contributed by atoms with E-state index in [0.29, 0.717) is 11.5 Å². The van der Waals surface area contributed by atoms with Gasteiger partial charge in [-0.15, -0.1) is 0 Å². The summed E-state index contributed by atoms with van der Waals surface area (Å²) in [4.78, 5) is 10.8. The Kier molecular flexibility index (Phi) is 4.85. The smallest absolute Gasteiger partial charge is 0.330 e. The number of aliphatic carboxylic acids is 1. The predicted octanol–water partition coefficient (Wildman–Crippen LogP) is 4.40. The summed E-state index contributed by atoms with van der Waals surface area (Å²) in [6.07, 6.45) is 14.2. The van der Waals surface area contributed by atoms with Gasteiger partial charge in [-0.1, -0.05) is 38.2 Å². The second-order valence-corrected chi connectivity index (χ2v) is 6.23. The Labute approximate surface area is 110 Å². The number of hydrogen-bond acceptors (Lipinski definition) is 1. The SMILES string of the molecule is C/C(=C\C1CCC(C2CCCCC2)CC1)C(=O)O. The minimum absolute atomic E-state index is 0.515. The molecular weight excluding hydrogens is 224 g/mol. The number of hydrogen-bond donors (Lipinski definition) is 1. The van der Waals surface area contributed by atoms with Crippen LogP contribution >= 0.6 is 0 Å². The van der Waals surface area contributed by atoms with Crippen LogP contribution in [0.3, 0.4) is 0 Å². The summed E-state index contributed by atoms with van der Waals surface area (Å²) in [5.41, 5.74) is 0.524. The third-order valence-corrected chi connectivity index (χ3v) is 4.96. The van der Waals surface area contributed by atoms with Crippen LogP contribution in [0.1, 0.15) is 64.7 Å². The van der Waals surface area contributed by atoms with Gasteiger partial charge in [0.05, 0.1) is 0 Å². The van der Waals surface area contributed by atoms with Crippen molar-refractivity contribution in [2.75, 3.05) is 0 Å². The number of allylic oxidation sites excluding steroid dienone is 1. The second kappa shape index (κ2) is 6.40. The van der Waals surface area contributed by atoms with E-state index >= 15 is 0 Å². The maximum Gasteiger partial charge on any atom is 0.330 e. The van der Waals surface area contributed by atoms with Gasteiger partial charge >= 0.3 is 5.97 Å². The lowest BCUT2D eigenvalue weighted by atomic mass is 9.71. The Bertz CT molecular complexity index is 305. The molecule has 1 N–H and O–H groups in total. The van der Waals surface area contributed by atoms with Crippen LogP contribution in [-0.4, -0.2) is 11.1 Å². The predicted molar refractivity (Wildman–Crippen MR) is 73.4 cm³/mol. The van der Waals surface area contributed by atoms with Crippen molar-refractivity contribution >= 4 is 5.97 Å². The first-order chi connectivity index (χ1) is 8.66. The highest BCUT2D eigenvalue weighted by molar-refractivity contribution is 5.85. The van der Waals surface area contributed by atoms with Gasteiger partial charge in [-0.05, 0) is 50.4 Å². The highest BCUT2D eigenvalue weighted by atomic mass is 16.4. The van der Waals surface area contributed by atoms with Crippen LogP contribution in [0.15, 0.2) is 11.6 Å². The first-order valence-corrected chi connectivity index (χ1v) is 7.58. The topological polar surface area (TPSA) is 37.3 Å². The average Bonchev–Trinajstić information content (AvgIpc) is 2.40. The Morgan fingerprint density at radius 1 is 0.944 bits per heavy atom. The molecule has 2 saturated carbocycles. The molecule has 18 heavy (non-hydrogen) atoms. The van der Waals surface area contributed by atoms with Gasteiger partial charge in [0, 0.05) is 5.57 Å². The van der Waals surface area contributed by atoms with Crippen molar-refractivity contribution in [3.63, 3.8) is 0 Å². The quantitative estimate of drug-likeness (QED) is 0.754. The van der Waals surface area contributed by atoms with Gasteiger partial charge in [-0.3, -0.25) is 0 Å². The Morgan fingerprint density at radius 2 is 1.50 bits per heavy atom. The molecule has 0 radical (unpaired) electrons. The lowest BCUT2D eigenvalue weighted by Gasteiger charge is -2.35. The van der Waals surface area contributed by atoms with Crippen LogP contribution < -0.4 is 0 Å². The normalized spacial score (nSPS) is 31.3. The molecule has 0 aliphatic heterocycles. The van der Waals surface area contributed by atoms with Gasteiger partial charge in [-0.25, -0.2) is 4.79 Å². The molecule has 0 spiro atoms. The van der Waals surface area contributed by atoms with Gasteiger partial charge in [0.25, 0.3) is 0 Å². The molecule has 0 saturated heterocycles. The third-order valence-electron chi connectivity index (χ3n) is 4.96. The largest absolute Gasteiger partial charge is 0.478 e. The molecule has 0 aromatic heterocycles. The molecule has 2 nitrogen and oxygen atoms in total. The zero-order chi connectivity index (χ0) is 13.0. The van der Waals surface area contributed by atoms with Crippen LogP contribution in [0.2, 0.25) is 0 Å². The van der Waals surface area contributed by atoms with Crippen LogP contribution in [0.25, 0.3) is 0 Å². The molecule has 2 fully saturated rings. The Hall–Kier alpha value is -0.790. The third kappa shape index (κ3) is 3.60. The standard InChI is InChI=1S/C16H26O2/c1-12(16(17)18)11-13-7-9-15(10-8-13)14-5-3-2-4-6-14/h11,13-15H,2-10H2,1H3,(H,17,18)/b12-11+. The van der Waals surface area contributed by atoms with E-state index in [4.69, 9.17) is 5.11 Å². The van der Waals surface area contributed by atoms with Gasteiger partial charge in [0.15, 0.2) is 0 Å². The molecule has 0 amide bonds. The fraction of sp³-hybridized carbons (Fsp3) is 0.812. The maximum absolute atomic E-state index is 10.8. The molecule has 2 rings (SSSR count). The van der Waals surface area contributed by atoms with Crippen molar-refractivity contribution < 1.29 is 9.90 Å². The van der Waals surface area contributed by atoms with E-state index in [9.17, 15) is 4.79 Å². The number of rotatable bonds is 3. The van der Waals surface area contributed by atoms with Gasteiger partial charge < -0.3 is 5.11 Å². The van der Waals surface area contributed by atoms with Crippen molar-refractivity contribution in [3.05, 3.63) is 11.6 Å². The van der Waals surface area contributed by atoms with E-state index in [1.807, 2.05) is 6.08 Å². The zero-order valence-electron chi connectivity index (χ0n) is 11.5.